The fraction of sp³-hybridized carbons (Fsp3) is 0.125. The van der Waals surface area contributed by atoms with E-state index in [1.165, 1.54) is 23.1 Å². The molecule has 4 aromatic rings. The first kappa shape index (κ1) is 27.9. The molecule has 0 fully saturated rings. The lowest BCUT2D eigenvalue weighted by molar-refractivity contribution is -0.385. The summed E-state index contributed by atoms with van der Waals surface area (Å²) < 4.78 is 0. The number of carbonyl (C=O) groups is 3. The Bertz CT molecular complexity index is 1730. The van der Waals surface area contributed by atoms with Crippen LogP contribution < -0.4 is 15.5 Å². The standard InChI is InChI=1S/C32H27N5O5/c1-20-10-6-7-13-24(20)28(38)19-36-26-15-9-8-14-25(26)29(22-11-4-3-5-12-22)34-30(31(36)39)35-32(40)33-23-17-16-21(2)27(18-23)37(41)42/h3-18,30H,19H2,1-2H3,(H2,33,35,40)/t30-/m0/s1. The number of hydrogen-bond donors (Lipinski definition) is 2. The first-order valence-electron chi connectivity index (χ1n) is 13.2. The highest BCUT2D eigenvalue weighted by molar-refractivity contribution is 6.21. The molecule has 0 radical (unpaired) electrons. The van der Waals surface area contributed by atoms with Crippen LogP contribution in [0.5, 0.6) is 0 Å². The van der Waals surface area contributed by atoms with Crippen LogP contribution in [0, 0.1) is 24.0 Å². The van der Waals surface area contributed by atoms with Gasteiger partial charge in [-0.05, 0) is 31.5 Å². The first-order chi connectivity index (χ1) is 20.2. The highest BCUT2D eigenvalue weighted by Gasteiger charge is 2.34. The zero-order chi connectivity index (χ0) is 29.8. The smallest absolute Gasteiger partial charge is 0.308 e. The Labute approximate surface area is 241 Å². The van der Waals surface area contributed by atoms with Crippen molar-refractivity contribution in [1.29, 1.82) is 0 Å². The molecule has 4 aromatic carbocycles. The number of para-hydroxylation sites is 1. The first-order valence-corrected chi connectivity index (χ1v) is 13.2. The number of ketones is 1. The average molecular weight is 562 g/mol. The molecule has 3 amide bonds. The zero-order valence-electron chi connectivity index (χ0n) is 22.9. The van der Waals surface area contributed by atoms with E-state index >= 15 is 0 Å². The topological polar surface area (TPSA) is 134 Å². The molecule has 0 unspecified atom stereocenters. The SMILES string of the molecule is Cc1ccccc1C(=O)CN1C(=O)[C@H](NC(=O)Nc2ccc(C)c([N+](=O)[O-])c2)N=C(c2ccccc2)c2ccccc21. The lowest BCUT2D eigenvalue weighted by Crippen LogP contribution is -2.50. The van der Waals surface area contributed by atoms with Gasteiger partial charge in [-0.25, -0.2) is 9.79 Å². The summed E-state index contributed by atoms with van der Waals surface area (Å²) >= 11 is 0. The van der Waals surface area contributed by atoms with Gasteiger partial charge in [0.2, 0.25) is 6.17 Å². The number of rotatable bonds is 7. The van der Waals surface area contributed by atoms with Crippen molar-refractivity contribution >= 4 is 40.5 Å². The molecule has 5 rings (SSSR count). The molecule has 2 N–H and O–H groups in total. The fourth-order valence-corrected chi connectivity index (χ4v) is 4.80. The molecule has 10 nitrogen and oxygen atoms in total. The number of nitrogens with zero attached hydrogens (tertiary/aromatic N) is 3. The third kappa shape index (κ3) is 5.78. The van der Waals surface area contributed by atoms with Crippen LogP contribution in [0.3, 0.4) is 0 Å². The molecule has 0 bridgehead atoms. The Hall–Kier alpha value is -5.64. The maximum absolute atomic E-state index is 14.0. The van der Waals surface area contributed by atoms with Crippen LogP contribution in [0.1, 0.15) is 32.6 Å². The van der Waals surface area contributed by atoms with Gasteiger partial charge in [-0.15, -0.1) is 0 Å². The largest absolute Gasteiger partial charge is 0.321 e. The lowest BCUT2D eigenvalue weighted by atomic mass is 9.99. The van der Waals surface area contributed by atoms with E-state index < -0.39 is 23.0 Å². The molecule has 1 aliphatic heterocycles. The number of nitro benzene ring substituents is 1. The summed E-state index contributed by atoms with van der Waals surface area (Å²) in [5.41, 5.74) is 3.99. The number of fused-ring (bicyclic) bond motifs is 1. The van der Waals surface area contributed by atoms with E-state index in [0.717, 1.165) is 5.56 Å². The Morgan fingerprint density at radius 3 is 2.33 bits per heavy atom. The van der Waals surface area contributed by atoms with Crippen molar-refractivity contribution in [2.45, 2.75) is 20.0 Å². The van der Waals surface area contributed by atoms with Crippen LogP contribution in [-0.2, 0) is 4.79 Å². The van der Waals surface area contributed by atoms with Gasteiger partial charge < -0.3 is 15.5 Å². The molecule has 0 spiro atoms. The van der Waals surface area contributed by atoms with Gasteiger partial charge in [0.1, 0.15) is 0 Å². The number of aryl methyl sites for hydroxylation is 2. The van der Waals surface area contributed by atoms with Crippen molar-refractivity contribution in [3.05, 3.63) is 135 Å². The fourth-order valence-electron chi connectivity index (χ4n) is 4.80. The van der Waals surface area contributed by atoms with Gasteiger partial charge in [0.15, 0.2) is 5.78 Å². The number of benzodiazepines with no additional fused rings is 1. The van der Waals surface area contributed by atoms with Crippen LogP contribution in [0.4, 0.5) is 21.9 Å². The second-order valence-electron chi connectivity index (χ2n) is 9.78. The number of nitro groups is 1. The van der Waals surface area contributed by atoms with E-state index in [0.29, 0.717) is 33.7 Å². The van der Waals surface area contributed by atoms with Gasteiger partial charge in [-0.2, -0.15) is 0 Å². The number of carbonyl (C=O) groups excluding carboxylic acids is 3. The summed E-state index contributed by atoms with van der Waals surface area (Å²) in [7, 11) is 0. The van der Waals surface area contributed by atoms with E-state index in [1.54, 1.807) is 31.2 Å². The summed E-state index contributed by atoms with van der Waals surface area (Å²) in [5, 5.41) is 16.5. The molecule has 0 saturated carbocycles. The second kappa shape index (κ2) is 11.8. The minimum absolute atomic E-state index is 0.154. The van der Waals surface area contributed by atoms with Crippen molar-refractivity contribution in [2.75, 3.05) is 16.8 Å². The molecule has 0 saturated heterocycles. The number of anilines is 2. The molecule has 1 atom stereocenters. The second-order valence-corrected chi connectivity index (χ2v) is 9.78. The van der Waals surface area contributed by atoms with Gasteiger partial charge in [0, 0.05) is 34.0 Å². The van der Waals surface area contributed by atoms with Crippen LogP contribution in [-0.4, -0.2) is 41.1 Å². The Morgan fingerprint density at radius 1 is 0.905 bits per heavy atom. The minimum atomic E-state index is -1.40. The third-order valence-corrected chi connectivity index (χ3v) is 6.93. The molecular formula is C32H27N5O5. The third-order valence-electron chi connectivity index (χ3n) is 6.93. The molecular weight excluding hydrogens is 534 g/mol. The van der Waals surface area contributed by atoms with Crippen LogP contribution >= 0.6 is 0 Å². The van der Waals surface area contributed by atoms with Crippen LogP contribution in [0.2, 0.25) is 0 Å². The number of nitrogens with one attached hydrogen (secondary N) is 2. The quantitative estimate of drug-likeness (QED) is 0.176. The molecule has 10 heteroatoms. The maximum Gasteiger partial charge on any atom is 0.321 e. The Kier molecular flexibility index (Phi) is 7.87. The number of amides is 3. The number of urea groups is 1. The highest BCUT2D eigenvalue weighted by atomic mass is 16.6. The van der Waals surface area contributed by atoms with Crippen molar-refractivity contribution in [2.24, 2.45) is 4.99 Å². The van der Waals surface area contributed by atoms with Gasteiger partial charge in [0.05, 0.1) is 22.9 Å². The minimum Gasteiger partial charge on any atom is -0.308 e. The van der Waals surface area contributed by atoms with E-state index in [1.807, 2.05) is 61.5 Å². The van der Waals surface area contributed by atoms with E-state index in [9.17, 15) is 24.5 Å². The number of hydrogen-bond acceptors (Lipinski definition) is 6. The predicted octanol–water partition coefficient (Wildman–Crippen LogP) is 5.43. The highest BCUT2D eigenvalue weighted by Crippen LogP contribution is 2.29. The van der Waals surface area contributed by atoms with Crippen molar-refractivity contribution in [3.8, 4) is 0 Å². The van der Waals surface area contributed by atoms with Crippen molar-refractivity contribution < 1.29 is 19.3 Å². The Morgan fingerprint density at radius 2 is 1.60 bits per heavy atom. The molecule has 42 heavy (non-hydrogen) atoms. The summed E-state index contributed by atoms with van der Waals surface area (Å²) in [6.07, 6.45) is -1.40. The van der Waals surface area contributed by atoms with E-state index in [4.69, 9.17) is 4.99 Å². The molecule has 1 aliphatic rings. The monoisotopic (exact) mass is 561 g/mol. The number of aliphatic imine (C=N–C) groups is 1. The zero-order valence-corrected chi connectivity index (χ0v) is 22.9. The van der Waals surface area contributed by atoms with Gasteiger partial charge in [-0.1, -0.05) is 78.9 Å². The molecule has 1 heterocycles. The molecule has 0 aromatic heterocycles. The number of benzene rings is 4. The van der Waals surface area contributed by atoms with Crippen LogP contribution in [0.15, 0.2) is 102 Å². The molecule has 0 aliphatic carbocycles. The summed E-state index contributed by atoms with van der Waals surface area (Å²) in [5.74, 6) is -0.880. The maximum atomic E-state index is 14.0. The Balaban J connectivity index is 1.53. The number of Topliss-reactive ketones (excluding diaryl/α,β-unsaturated/α-hetero) is 1. The molecule has 210 valence electrons. The van der Waals surface area contributed by atoms with Crippen molar-refractivity contribution in [1.82, 2.24) is 5.32 Å². The van der Waals surface area contributed by atoms with Crippen LogP contribution in [0.25, 0.3) is 0 Å². The van der Waals surface area contributed by atoms with Gasteiger partial charge in [0.25, 0.3) is 11.6 Å². The summed E-state index contributed by atoms with van der Waals surface area (Å²) in [4.78, 5) is 57.5. The van der Waals surface area contributed by atoms with E-state index in [2.05, 4.69) is 10.6 Å². The summed E-state index contributed by atoms with van der Waals surface area (Å²) in [6.45, 7) is 3.14. The average Bonchev–Trinajstić information content (AvgIpc) is 3.09. The van der Waals surface area contributed by atoms with Crippen molar-refractivity contribution in [3.63, 3.8) is 0 Å². The normalized spacial score (nSPS) is 14.3. The predicted molar refractivity (Wildman–Crippen MR) is 160 cm³/mol. The lowest BCUT2D eigenvalue weighted by Gasteiger charge is -2.25. The summed E-state index contributed by atoms with van der Waals surface area (Å²) in [6, 6.07) is 27.0. The van der Waals surface area contributed by atoms with Gasteiger partial charge in [-0.3, -0.25) is 19.7 Å². The van der Waals surface area contributed by atoms with E-state index in [-0.39, 0.29) is 23.7 Å². The van der Waals surface area contributed by atoms with Gasteiger partial charge >= 0.3 is 6.03 Å².